The van der Waals surface area contributed by atoms with Crippen LogP contribution in [0.25, 0.3) is 0 Å². The maximum absolute atomic E-state index is 11.5. The van der Waals surface area contributed by atoms with E-state index in [9.17, 15) is 9.59 Å². The third kappa shape index (κ3) is 26.5. The molecular formula is C24H46N2O7. The Morgan fingerprint density at radius 3 is 2.09 bits per heavy atom. The zero-order valence-corrected chi connectivity index (χ0v) is 20.5. The van der Waals surface area contributed by atoms with E-state index in [2.05, 4.69) is 22.8 Å². The highest BCUT2D eigenvalue weighted by atomic mass is 16.6. The van der Waals surface area contributed by atoms with Gasteiger partial charge in [-0.25, -0.2) is 9.59 Å². The third-order valence-electron chi connectivity index (χ3n) is 4.56. The van der Waals surface area contributed by atoms with E-state index < -0.39 is 0 Å². The molecule has 0 fully saturated rings. The molecule has 0 bridgehead atoms. The predicted octanol–water partition coefficient (Wildman–Crippen LogP) is 2.96. The summed E-state index contributed by atoms with van der Waals surface area (Å²) in [6.07, 6.45) is 14.4. The van der Waals surface area contributed by atoms with Crippen LogP contribution in [0.15, 0.2) is 12.2 Å². The molecule has 0 aromatic heterocycles. The van der Waals surface area contributed by atoms with Crippen LogP contribution in [0.4, 0.5) is 4.79 Å². The van der Waals surface area contributed by atoms with Crippen LogP contribution in [0.3, 0.4) is 0 Å². The lowest BCUT2D eigenvalue weighted by Gasteiger charge is -2.07. The fraction of sp³-hybridized carbons (Fsp3) is 0.833. The van der Waals surface area contributed by atoms with Crippen molar-refractivity contribution in [3.63, 3.8) is 0 Å². The van der Waals surface area contributed by atoms with Gasteiger partial charge >= 0.3 is 12.0 Å². The number of nitrogens with one attached hydrogen (secondary N) is 2. The molecule has 0 radical (unpaired) electrons. The lowest BCUT2D eigenvalue weighted by atomic mass is 10.1. The van der Waals surface area contributed by atoms with Gasteiger partial charge in [0, 0.05) is 19.7 Å². The van der Waals surface area contributed by atoms with Crippen molar-refractivity contribution in [2.24, 2.45) is 0 Å². The number of unbranched alkanes of at least 4 members (excludes halogenated alkanes) is 7. The van der Waals surface area contributed by atoms with Gasteiger partial charge in [-0.1, -0.05) is 31.4 Å². The van der Waals surface area contributed by atoms with E-state index >= 15 is 0 Å². The molecule has 3 N–H and O–H groups in total. The number of aliphatic hydroxyl groups excluding tert-OH is 1. The van der Waals surface area contributed by atoms with Crippen molar-refractivity contribution >= 4 is 12.0 Å². The predicted molar refractivity (Wildman–Crippen MR) is 128 cm³/mol. The Morgan fingerprint density at radius 2 is 1.36 bits per heavy atom. The Morgan fingerprint density at radius 1 is 0.727 bits per heavy atom. The second-order valence-electron chi connectivity index (χ2n) is 7.53. The number of aliphatic hydroxyl groups is 1. The molecule has 9 heteroatoms. The van der Waals surface area contributed by atoms with Crippen molar-refractivity contribution < 1.29 is 33.6 Å². The maximum atomic E-state index is 11.5. The highest BCUT2D eigenvalue weighted by Crippen LogP contribution is 2.07. The van der Waals surface area contributed by atoms with Gasteiger partial charge in [0.05, 0.1) is 33.0 Å². The fourth-order valence-corrected chi connectivity index (χ4v) is 2.84. The number of esters is 1. The van der Waals surface area contributed by atoms with Crippen LogP contribution in [0.1, 0.15) is 64.7 Å². The van der Waals surface area contributed by atoms with Crippen LogP contribution in [0, 0.1) is 0 Å². The summed E-state index contributed by atoms with van der Waals surface area (Å²) < 4.78 is 20.6. The maximum Gasteiger partial charge on any atom is 0.332 e. The summed E-state index contributed by atoms with van der Waals surface area (Å²) in [5, 5.41) is 14.1. The number of amides is 2. The van der Waals surface area contributed by atoms with Gasteiger partial charge in [-0.2, -0.15) is 0 Å². The van der Waals surface area contributed by atoms with Crippen LogP contribution in [-0.2, 0) is 23.7 Å². The number of allylic oxidation sites excluding steroid dienone is 2. The average Bonchev–Trinajstić information content (AvgIpc) is 2.80. The van der Waals surface area contributed by atoms with Crippen molar-refractivity contribution in [3.8, 4) is 0 Å². The lowest BCUT2D eigenvalue weighted by molar-refractivity contribution is -0.150. The summed E-state index contributed by atoms with van der Waals surface area (Å²) in [4.78, 5) is 22.7. The van der Waals surface area contributed by atoms with E-state index in [0.29, 0.717) is 39.6 Å². The Labute approximate surface area is 199 Å². The summed E-state index contributed by atoms with van der Waals surface area (Å²) >= 11 is 0. The number of carbonyl (C=O) groups is 2. The average molecular weight is 475 g/mol. The molecule has 194 valence electrons. The van der Waals surface area contributed by atoms with Crippen molar-refractivity contribution in [1.29, 1.82) is 0 Å². The summed E-state index contributed by atoms with van der Waals surface area (Å²) in [6.45, 7) is 5.47. The monoisotopic (exact) mass is 474 g/mol. The molecule has 0 atom stereocenters. The SMILES string of the molecule is CCNC(=O)NCCCC/C=C\CCCCCCCOCC(=O)OCCOCCOCCO. The first-order valence-electron chi connectivity index (χ1n) is 12.4. The van der Waals surface area contributed by atoms with Gasteiger partial charge in [-0.15, -0.1) is 0 Å². The minimum atomic E-state index is -0.375. The highest BCUT2D eigenvalue weighted by Gasteiger charge is 2.02. The first-order chi connectivity index (χ1) is 16.2. The molecule has 0 aliphatic rings. The number of hydrogen-bond acceptors (Lipinski definition) is 7. The summed E-state index contributed by atoms with van der Waals surface area (Å²) in [7, 11) is 0. The number of hydrogen-bond donors (Lipinski definition) is 3. The van der Waals surface area contributed by atoms with E-state index in [1.165, 1.54) is 19.3 Å². The number of carbonyl (C=O) groups excluding carboxylic acids is 2. The third-order valence-corrected chi connectivity index (χ3v) is 4.56. The molecular weight excluding hydrogens is 428 g/mol. The number of rotatable bonds is 24. The fourth-order valence-electron chi connectivity index (χ4n) is 2.84. The molecule has 33 heavy (non-hydrogen) atoms. The number of urea groups is 1. The van der Waals surface area contributed by atoms with E-state index in [4.69, 9.17) is 24.1 Å². The zero-order chi connectivity index (χ0) is 24.2. The van der Waals surface area contributed by atoms with Gasteiger partial charge in [0.25, 0.3) is 0 Å². The van der Waals surface area contributed by atoms with Crippen molar-refractivity contribution in [2.75, 3.05) is 65.9 Å². The van der Waals surface area contributed by atoms with Gasteiger partial charge in [0.1, 0.15) is 13.2 Å². The van der Waals surface area contributed by atoms with E-state index in [1.807, 2.05) is 6.92 Å². The lowest BCUT2D eigenvalue weighted by Crippen LogP contribution is -2.35. The molecule has 0 aliphatic carbocycles. The smallest absolute Gasteiger partial charge is 0.332 e. The Kier molecular flexibility index (Phi) is 25.2. The Balaban J connectivity index is 3.23. The van der Waals surface area contributed by atoms with Gasteiger partial charge in [0.2, 0.25) is 0 Å². The molecule has 0 aromatic rings. The van der Waals surface area contributed by atoms with E-state index in [0.717, 1.165) is 45.1 Å². The topological polar surface area (TPSA) is 115 Å². The molecule has 0 unspecified atom stereocenters. The quantitative estimate of drug-likeness (QED) is 0.112. The molecule has 0 heterocycles. The molecule has 0 saturated carbocycles. The van der Waals surface area contributed by atoms with Gasteiger partial charge in [-0.05, 0) is 45.4 Å². The molecule has 0 spiro atoms. The largest absolute Gasteiger partial charge is 0.462 e. The normalized spacial score (nSPS) is 11.1. The standard InChI is InChI=1S/C24H46N2O7/c1-2-25-24(29)26-14-12-10-8-6-4-3-5-7-9-11-13-16-32-22-23(28)33-21-20-31-19-18-30-17-15-27/h4,6,27H,2-3,5,7-22H2,1H3,(H2,25,26,29)/b6-4-. The van der Waals surface area contributed by atoms with Gasteiger partial charge in [0.15, 0.2) is 0 Å². The van der Waals surface area contributed by atoms with Crippen LogP contribution in [0.2, 0.25) is 0 Å². The van der Waals surface area contributed by atoms with Gasteiger partial charge < -0.3 is 34.7 Å². The minimum absolute atomic E-state index is 0.00142. The Hall–Kier alpha value is -1.68. The van der Waals surface area contributed by atoms with Crippen LogP contribution in [0.5, 0.6) is 0 Å². The summed E-state index contributed by atoms with van der Waals surface area (Å²) in [5.41, 5.74) is 0. The van der Waals surface area contributed by atoms with Crippen molar-refractivity contribution in [3.05, 3.63) is 12.2 Å². The van der Waals surface area contributed by atoms with Crippen LogP contribution in [-0.4, -0.2) is 83.1 Å². The molecule has 0 aromatic carbocycles. The zero-order valence-electron chi connectivity index (χ0n) is 20.5. The molecule has 9 nitrogen and oxygen atoms in total. The second kappa shape index (κ2) is 26.6. The second-order valence-corrected chi connectivity index (χ2v) is 7.53. The van der Waals surface area contributed by atoms with Crippen molar-refractivity contribution in [2.45, 2.75) is 64.7 Å². The molecule has 0 saturated heterocycles. The van der Waals surface area contributed by atoms with E-state index in [1.54, 1.807) is 0 Å². The van der Waals surface area contributed by atoms with Crippen molar-refractivity contribution in [1.82, 2.24) is 10.6 Å². The summed E-state index contributed by atoms with van der Waals surface area (Å²) in [6, 6.07) is -0.0854. The molecule has 0 aliphatic heterocycles. The van der Waals surface area contributed by atoms with E-state index in [-0.39, 0.29) is 31.8 Å². The summed E-state index contributed by atoms with van der Waals surface area (Å²) in [5.74, 6) is -0.375. The molecule has 0 rings (SSSR count). The first kappa shape index (κ1) is 31.3. The van der Waals surface area contributed by atoms with Gasteiger partial charge in [-0.3, -0.25) is 0 Å². The molecule has 2 amide bonds. The minimum Gasteiger partial charge on any atom is -0.462 e. The number of ether oxygens (including phenoxy) is 4. The Bertz CT molecular complexity index is 476. The van der Waals surface area contributed by atoms with Crippen LogP contribution < -0.4 is 10.6 Å². The highest BCUT2D eigenvalue weighted by molar-refractivity contribution is 5.73. The first-order valence-corrected chi connectivity index (χ1v) is 12.4. The van der Waals surface area contributed by atoms with Crippen LogP contribution >= 0.6 is 0 Å².